The minimum Gasteiger partial charge on any atom is -0.461 e. The van der Waals surface area contributed by atoms with Gasteiger partial charge in [0.25, 0.3) is 0 Å². The average Bonchev–Trinajstić information content (AvgIpc) is 2.92. The van der Waals surface area contributed by atoms with Crippen LogP contribution in [0.2, 0.25) is 0 Å². The summed E-state index contributed by atoms with van der Waals surface area (Å²) in [4.78, 5) is 15.2. The number of rotatable bonds is 14. The number of carbonyl (C=O) groups excluding carboxylic acids is 1. The summed E-state index contributed by atoms with van der Waals surface area (Å²) in [5, 5.41) is 18.8. The predicted molar refractivity (Wildman–Crippen MR) is 153 cm³/mol. The number of carbonyl (C=O) groups is 1. The van der Waals surface area contributed by atoms with Crippen molar-refractivity contribution in [1.82, 2.24) is 15.5 Å². The summed E-state index contributed by atoms with van der Waals surface area (Å²) in [5.41, 5.74) is -0.909. The number of nitrogens with one attached hydrogen (secondary N) is 2. The molecule has 218 valence electrons. The van der Waals surface area contributed by atoms with Gasteiger partial charge in [0.2, 0.25) is 0 Å². The van der Waals surface area contributed by atoms with Crippen LogP contribution in [0.25, 0.3) is 0 Å². The zero-order valence-electron chi connectivity index (χ0n) is 24.2. The Kier molecular flexibility index (Phi) is 12.3. The number of methoxy groups -OCH3 is 1. The third-order valence-electron chi connectivity index (χ3n) is 7.70. The quantitative estimate of drug-likeness (QED) is 0.269. The zero-order valence-corrected chi connectivity index (χ0v) is 24.2. The lowest BCUT2D eigenvalue weighted by Crippen LogP contribution is -2.54. The first-order valence-electron chi connectivity index (χ1n) is 14.5. The van der Waals surface area contributed by atoms with E-state index in [1.807, 2.05) is 24.1 Å². The van der Waals surface area contributed by atoms with E-state index in [0.717, 1.165) is 44.3 Å². The minimum atomic E-state index is -1.36. The molecule has 39 heavy (non-hydrogen) atoms. The lowest BCUT2D eigenvalue weighted by Gasteiger charge is -2.43. The van der Waals surface area contributed by atoms with Crippen LogP contribution in [0.15, 0.2) is 42.2 Å². The molecule has 3 N–H and O–H groups in total. The largest absolute Gasteiger partial charge is 0.461 e. The smallest absolute Gasteiger partial charge is 0.317 e. The van der Waals surface area contributed by atoms with Crippen molar-refractivity contribution in [3.63, 3.8) is 0 Å². The minimum absolute atomic E-state index is 0.0249. The second-order valence-electron chi connectivity index (χ2n) is 11.3. The average molecular weight is 546 g/mol. The van der Waals surface area contributed by atoms with E-state index < -0.39 is 11.4 Å². The number of benzene rings is 1. The Bertz CT molecular complexity index is 983. The lowest BCUT2D eigenvalue weighted by molar-refractivity contribution is -0.0578. The van der Waals surface area contributed by atoms with Crippen LogP contribution in [-0.4, -0.2) is 62.5 Å². The number of halogens is 1. The van der Waals surface area contributed by atoms with Gasteiger partial charge in [0.15, 0.2) is 0 Å². The fourth-order valence-corrected chi connectivity index (χ4v) is 5.76. The predicted octanol–water partition coefficient (Wildman–Crippen LogP) is 5.50. The maximum atomic E-state index is 14.7. The van der Waals surface area contributed by atoms with Gasteiger partial charge in [-0.05, 0) is 82.2 Å². The molecule has 2 amide bonds. The van der Waals surface area contributed by atoms with Gasteiger partial charge >= 0.3 is 6.03 Å². The van der Waals surface area contributed by atoms with Crippen LogP contribution in [0.4, 0.5) is 9.18 Å². The van der Waals surface area contributed by atoms with Crippen LogP contribution in [0.1, 0.15) is 70.8 Å². The SMILES string of the molecule is CNC[C@H](CC(C)C)NC(=O)N1CCC[C@@H]([C@@](O)(CCCCOC)c2cc(F)ccc2OC2=CC=CCC2)C1. The van der Waals surface area contributed by atoms with E-state index in [1.54, 1.807) is 13.2 Å². The molecular formula is C31H48FN3O4. The number of ether oxygens (including phenoxy) is 2. The second-order valence-corrected chi connectivity index (χ2v) is 11.3. The van der Waals surface area contributed by atoms with Crippen LogP contribution in [0.5, 0.6) is 5.75 Å². The lowest BCUT2D eigenvalue weighted by atomic mass is 9.73. The Labute approximate surface area is 233 Å². The fraction of sp³-hybridized carbons (Fsp3) is 0.645. The molecule has 1 heterocycles. The first kappa shape index (κ1) is 31.1. The van der Waals surface area contributed by atoms with E-state index >= 15 is 0 Å². The number of allylic oxidation sites excluding steroid dienone is 4. The van der Waals surface area contributed by atoms with Crippen LogP contribution >= 0.6 is 0 Å². The molecule has 0 bridgehead atoms. The van der Waals surface area contributed by atoms with Crippen LogP contribution in [0.3, 0.4) is 0 Å². The molecule has 1 fully saturated rings. The first-order chi connectivity index (χ1) is 18.8. The summed E-state index contributed by atoms with van der Waals surface area (Å²) in [6.07, 6.45) is 11.9. The number of hydrogen-bond acceptors (Lipinski definition) is 5. The van der Waals surface area contributed by atoms with Crippen molar-refractivity contribution in [2.45, 2.75) is 76.9 Å². The number of unbranched alkanes of at least 4 members (excludes halogenated alkanes) is 1. The third kappa shape index (κ3) is 9.05. The summed E-state index contributed by atoms with van der Waals surface area (Å²) >= 11 is 0. The van der Waals surface area contributed by atoms with Crippen LogP contribution in [-0.2, 0) is 10.3 Å². The molecule has 3 rings (SSSR count). The number of piperidine rings is 1. The van der Waals surface area contributed by atoms with E-state index in [0.29, 0.717) is 56.3 Å². The van der Waals surface area contributed by atoms with Gasteiger partial charge in [0.1, 0.15) is 17.3 Å². The third-order valence-corrected chi connectivity index (χ3v) is 7.70. The van der Waals surface area contributed by atoms with E-state index in [-0.39, 0.29) is 18.0 Å². The topological polar surface area (TPSA) is 83.1 Å². The van der Waals surface area contributed by atoms with Crippen molar-refractivity contribution in [2.75, 3.05) is 40.4 Å². The Hall–Kier alpha value is -2.42. The highest BCUT2D eigenvalue weighted by molar-refractivity contribution is 5.74. The molecule has 1 saturated heterocycles. The number of urea groups is 1. The van der Waals surface area contributed by atoms with Crippen molar-refractivity contribution in [2.24, 2.45) is 11.8 Å². The molecule has 2 aliphatic rings. The molecule has 1 aromatic rings. The van der Waals surface area contributed by atoms with Gasteiger partial charge in [-0.1, -0.05) is 26.0 Å². The van der Waals surface area contributed by atoms with E-state index in [1.165, 1.54) is 12.1 Å². The molecule has 7 nitrogen and oxygen atoms in total. The summed E-state index contributed by atoms with van der Waals surface area (Å²) in [7, 11) is 3.55. The van der Waals surface area contributed by atoms with E-state index in [4.69, 9.17) is 9.47 Å². The van der Waals surface area contributed by atoms with Crippen LogP contribution in [0, 0.1) is 17.7 Å². The molecule has 0 radical (unpaired) electrons. The van der Waals surface area contributed by atoms with Gasteiger partial charge in [-0.2, -0.15) is 0 Å². The second kappa shape index (κ2) is 15.4. The molecule has 0 aromatic heterocycles. The molecule has 1 aliphatic carbocycles. The molecule has 1 aromatic carbocycles. The normalized spacial score (nSPS) is 19.9. The maximum absolute atomic E-state index is 14.7. The van der Waals surface area contributed by atoms with Crippen LogP contribution < -0.4 is 15.4 Å². The first-order valence-corrected chi connectivity index (χ1v) is 14.5. The van der Waals surface area contributed by atoms with Gasteiger partial charge < -0.3 is 30.1 Å². The number of aliphatic hydroxyl groups is 1. The summed E-state index contributed by atoms with van der Waals surface area (Å²) in [5.74, 6) is 1.03. The number of likely N-dealkylation sites (tertiary alicyclic amines) is 1. The molecule has 8 heteroatoms. The molecule has 0 unspecified atom stereocenters. The highest BCUT2D eigenvalue weighted by Crippen LogP contribution is 2.44. The molecular weight excluding hydrogens is 497 g/mol. The number of likely N-dealkylation sites (N-methyl/N-ethyl adjacent to an activating group) is 1. The fourth-order valence-electron chi connectivity index (χ4n) is 5.76. The van der Waals surface area contributed by atoms with Crippen molar-refractivity contribution in [3.8, 4) is 5.75 Å². The van der Waals surface area contributed by atoms with Crippen molar-refractivity contribution >= 4 is 6.03 Å². The molecule has 3 atom stereocenters. The highest BCUT2D eigenvalue weighted by Gasteiger charge is 2.43. The zero-order chi connectivity index (χ0) is 28.3. The Morgan fingerprint density at radius 1 is 1.31 bits per heavy atom. The van der Waals surface area contributed by atoms with Gasteiger partial charge in [-0.3, -0.25) is 0 Å². The molecule has 0 saturated carbocycles. The van der Waals surface area contributed by atoms with Crippen molar-refractivity contribution in [1.29, 1.82) is 0 Å². The summed E-state index contributed by atoms with van der Waals surface area (Å²) in [6.45, 7) is 6.59. The monoisotopic (exact) mass is 545 g/mol. The summed E-state index contributed by atoms with van der Waals surface area (Å²) in [6, 6.07) is 4.32. The number of nitrogens with zero attached hydrogens (tertiary/aromatic N) is 1. The Balaban J connectivity index is 1.87. The highest BCUT2D eigenvalue weighted by atomic mass is 19.1. The maximum Gasteiger partial charge on any atom is 0.317 e. The number of amides is 2. The molecule has 0 spiro atoms. The van der Waals surface area contributed by atoms with Gasteiger partial charge in [0.05, 0.1) is 5.60 Å². The van der Waals surface area contributed by atoms with Gasteiger partial charge in [-0.25, -0.2) is 9.18 Å². The van der Waals surface area contributed by atoms with E-state index in [2.05, 4.69) is 30.6 Å². The Morgan fingerprint density at radius 2 is 2.13 bits per heavy atom. The van der Waals surface area contributed by atoms with Crippen molar-refractivity contribution in [3.05, 3.63) is 53.6 Å². The molecule has 1 aliphatic heterocycles. The van der Waals surface area contributed by atoms with E-state index in [9.17, 15) is 14.3 Å². The standard InChI is InChI=1S/C31H48FN3O4/c1-23(2)19-26(21-33-3)34-30(36)35-17-10-11-24(22-35)31(37,16-8-9-18-38-4)28-20-25(32)14-15-29(28)39-27-12-6-5-7-13-27/h5-6,12,14-15,20,23-24,26,33,37H,7-11,13,16-19,21-22H2,1-4H3,(H,34,36)/t24-,26+,31+/m1/s1. The Morgan fingerprint density at radius 3 is 2.82 bits per heavy atom. The van der Waals surface area contributed by atoms with Gasteiger partial charge in [0, 0.05) is 57.3 Å². The van der Waals surface area contributed by atoms with Crippen molar-refractivity contribution < 1.29 is 23.8 Å². The van der Waals surface area contributed by atoms with Gasteiger partial charge in [-0.15, -0.1) is 0 Å². The summed E-state index contributed by atoms with van der Waals surface area (Å²) < 4.78 is 26.2. The number of hydrogen-bond donors (Lipinski definition) is 3.